The van der Waals surface area contributed by atoms with E-state index in [0.29, 0.717) is 42.5 Å². The van der Waals surface area contributed by atoms with Crippen LogP contribution in [0.15, 0.2) is 29.3 Å². The van der Waals surface area contributed by atoms with Gasteiger partial charge in [0, 0.05) is 25.1 Å². The van der Waals surface area contributed by atoms with Gasteiger partial charge in [0.25, 0.3) is 11.8 Å². The van der Waals surface area contributed by atoms with E-state index in [1.807, 2.05) is 13.8 Å². The summed E-state index contributed by atoms with van der Waals surface area (Å²) >= 11 is 0. The van der Waals surface area contributed by atoms with Crippen LogP contribution in [0.25, 0.3) is 0 Å². The fraction of sp³-hybridized carbons (Fsp3) is 0.500. The zero-order valence-corrected chi connectivity index (χ0v) is 16.8. The van der Waals surface area contributed by atoms with Crippen molar-refractivity contribution in [2.75, 3.05) is 19.7 Å². The van der Waals surface area contributed by atoms with Gasteiger partial charge in [0.1, 0.15) is 17.5 Å². The average molecular weight is 398 g/mol. The Hall–Kier alpha value is -2.67. The molecule has 0 aromatic heterocycles. The SMILES string of the molecule is CC1(C)CC(=O)C(C(CCCN2C(=O)c3ccccc3C2=O)=NCCO)C(=O)C1. The standard InChI is InChI=1S/C22H26N2O5/c1-22(2)12-17(26)19(18(27)13-22)16(23-9-11-25)8-5-10-24-20(28)14-6-3-4-7-15(14)21(24)29/h3-4,6-7,19,25H,5,8-13H2,1-2H3. The van der Waals surface area contributed by atoms with Crippen LogP contribution in [-0.2, 0) is 9.59 Å². The predicted octanol–water partition coefficient (Wildman–Crippen LogP) is 2.07. The summed E-state index contributed by atoms with van der Waals surface area (Å²) < 4.78 is 0. The van der Waals surface area contributed by atoms with Crippen LogP contribution in [0.4, 0.5) is 0 Å². The van der Waals surface area contributed by atoms with Gasteiger partial charge in [-0.1, -0.05) is 26.0 Å². The molecule has 1 fully saturated rings. The molecule has 3 rings (SSSR count). The third-order valence-electron chi connectivity index (χ3n) is 5.39. The van der Waals surface area contributed by atoms with E-state index in [1.54, 1.807) is 24.3 Å². The quantitative estimate of drug-likeness (QED) is 0.430. The lowest BCUT2D eigenvalue weighted by molar-refractivity contribution is -0.136. The molecule has 1 aliphatic carbocycles. The number of imide groups is 1. The van der Waals surface area contributed by atoms with E-state index in [1.165, 1.54) is 4.90 Å². The first-order valence-corrected chi connectivity index (χ1v) is 9.90. The van der Waals surface area contributed by atoms with Gasteiger partial charge in [-0.3, -0.25) is 29.1 Å². The second-order valence-electron chi connectivity index (χ2n) is 8.39. The lowest BCUT2D eigenvalue weighted by atomic mass is 9.70. The fourth-order valence-corrected chi connectivity index (χ4v) is 4.13. The van der Waals surface area contributed by atoms with Crippen molar-refractivity contribution >= 4 is 29.1 Å². The Kier molecular flexibility index (Phi) is 6.07. The number of aliphatic hydroxyl groups excluding tert-OH is 1. The molecule has 0 radical (unpaired) electrons. The molecule has 1 aliphatic heterocycles. The number of ketones is 2. The summed E-state index contributed by atoms with van der Waals surface area (Å²) in [5, 5.41) is 9.12. The third kappa shape index (κ3) is 4.34. The first-order chi connectivity index (χ1) is 13.7. The Balaban J connectivity index is 1.68. The summed E-state index contributed by atoms with van der Waals surface area (Å²) in [6.07, 6.45) is 1.33. The maximum atomic E-state index is 12.6. The van der Waals surface area contributed by atoms with Crippen LogP contribution in [0.5, 0.6) is 0 Å². The summed E-state index contributed by atoms with van der Waals surface area (Å²) in [5.41, 5.74) is 0.881. The van der Waals surface area contributed by atoms with Gasteiger partial charge in [0.05, 0.1) is 24.3 Å². The van der Waals surface area contributed by atoms with Crippen LogP contribution in [0.2, 0.25) is 0 Å². The van der Waals surface area contributed by atoms with Crippen LogP contribution in [0.3, 0.4) is 0 Å². The molecule has 0 bridgehead atoms. The van der Waals surface area contributed by atoms with Gasteiger partial charge in [-0.05, 0) is 30.4 Å². The molecule has 154 valence electrons. The van der Waals surface area contributed by atoms with Gasteiger partial charge in [-0.15, -0.1) is 0 Å². The zero-order valence-electron chi connectivity index (χ0n) is 16.8. The summed E-state index contributed by atoms with van der Waals surface area (Å²) in [7, 11) is 0. The molecular formula is C22H26N2O5. The number of amides is 2. The Morgan fingerprint density at radius 2 is 1.62 bits per heavy atom. The van der Waals surface area contributed by atoms with Crippen LogP contribution >= 0.6 is 0 Å². The molecule has 1 aromatic rings. The minimum Gasteiger partial charge on any atom is -0.394 e. The molecule has 29 heavy (non-hydrogen) atoms. The van der Waals surface area contributed by atoms with E-state index < -0.39 is 5.92 Å². The average Bonchev–Trinajstić information content (AvgIpc) is 2.89. The Labute approximate surface area is 169 Å². The summed E-state index contributed by atoms with van der Waals surface area (Å²) in [6.45, 7) is 3.91. The van der Waals surface area contributed by atoms with Gasteiger partial charge >= 0.3 is 0 Å². The number of aliphatic hydroxyl groups is 1. The number of benzene rings is 1. The Morgan fingerprint density at radius 3 is 2.14 bits per heavy atom. The number of aliphatic imine (C=N–C) groups is 1. The lowest BCUT2D eigenvalue weighted by Gasteiger charge is -2.32. The lowest BCUT2D eigenvalue weighted by Crippen LogP contribution is -2.42. The number of hydrogen-bond acceptors (Lipinski definition) is 6. The van der Waals surface area contributed by atoms with Gasteiger partial charge in [-0.2, -0.15) is 0 Å². The predicted molar refractivity (Wildman–Crippen MR) is 107 cm³/mol. The minimum atomic E-state index is -0.878. The van der Waals surface area contributed by atoms with E-state index in [0.717, 1.165) is 0 Å². The molecule has 0 atom stereocenters. The van der Waals surface area contributed by atoms with Crippen molar-refractivity contribution < 1.29 is 24.3 Å². The molecule has 2 aliphatic rings. The number of Topliss-reactive ketones (excluding diaryl/α,β-unsaturated/α-hetero) is 2. The molecule has 7 heteroatoms. The zero-order chi connectivity index (χ0) is 21.2. The van der Waals surface area contributed by atoms with Crippen molar-refractivity contribution in [3.63, 3.8) is 0 Å². The number of rotatable bonds is 7. The number of fused-ring (bicyclic) bond motifs is 1. The highest BCUT2D eigenvalue weighted by Crippen LogP contribution is 2.35. The first kappa shape index (κ1) is 21.0. The Morgan fingerprint density at radius 1 is 1.07 bits per heavy atom. The van der Waals surface area contributed by atoms with Crippen molar-refractivity contribution in [2.45, 2.75) is 39.5 Å². The van der Waals surface area contributed by atoms with E-state index in [9.17, 15) is 19.2 Å². The van der Waals surface area contributed by atoms with Crippen molar-refractivity contribution in [1.82, 2.24) is 4.90 Å². The highest BCUT2D eigenvalue weighted by Gasteiger charge is 2.42. The third-order valence-corrected chi connectivity index (χ3v) is 5.39. The second-order valence-corrected chi connectivity index (χ2v) is 8.39. The fourth-order valence-electron chi connectivity index (χ4n) is 4.13. The van der Waals surface area contributed by atoms with Crippen LogP contribution < -0.4 is 0 Å². The topological polar surface area (TPSA) is 104 Å². The van der Waals surface area contributed by atoms with Crippen molar-refractivity contribution in [2.24, 2.45) is 16.3 Å². The molecule has 1 aromatic carbocycles. The highest BCUT2D eigenvalue weighted by molar-refractivity contribution is 6.23. The second kappa shape index (κ2) is 8.37. The molecule has 2 amide bonds. The van der Waals surface area contributed by atoms with Crippen LogP contribution in [0, 0.1) is 11.3 Å². The number of carbonyl (C=O) groups is 4. The van der Waals surface area contributed by atoms with Crippen molar-refractivity contribution in [1.29, 1.82) is 0 Å². The van der Waals surface area contributed by atoms with Gasteiger partial charge in [0.2, 0.25) is 0 Å². The highest BCUT2D eigenvalue weighted by atomic mass is 16.3. The molecular weight excluding hydrogens is 372 g/mol. The molecule has 1 N–H and O–H groups in total. The Bertz CT molecular complexity index is 832. The maximum absolute atomic E-state index is 12.6. The minimum absolute atomic E-state index is 0.114. The van der Waals surface area contributed by atoms with E-state index in [2.05, 4.69) is 4.99 Å². The molecule has 0 saturated heterocycles. The largest absolute Gasteiger partial charge is 0.394 e. The monoisotopic (exact) mass is 398 g/mol. The number of hydrogen-bond donors (Lipinski definition) is 1. The molecule has 1 heterocycles. The van der Waals surface area contributed by atoms with Gasteiger partial charge in [-0.25, -0.2) is 0 Å². The summed E-state index contributed by atoms with van der Waals surface area (Å²) in [5.74, 6) is -1.83. The van der Waals surface area contributed by atoms with Gasteiger partial charge < -0.3 is 5.11 Å². The molecule has 7 nitrogen and oxygen atoms in total. The number of carbonyl (C=O) groups excluding carboxylic acids is 4. The van der Waals surface area contributed by atoms with E-state index in [-0.39, 0.29) is 48.5 Å². The van der Waals surface area contributed by atoms with Crippen molar-refractivity contribution in [3.05, 3.63) is 35.4 Å². The maximum Gasteiger partial charge on any atom is 0.261 e. The smallest absolute Gasteiger partial charge is 0.261 e. The van der Waals surface area contributed by atoms with Crippen molar-refractivity contribution in [3.8, 4) is 0 Å². The van der Waals surface area contributed by atoms with E-state index in [4.69, 9.17) is 5.11 Å². The van der Waals surface area contributed by atoms with Crippen LogP contribution in [0.1, 0.15) is 60.2 Å². The summed E-state index contributed by atoms with van der Waals surface area (Å²) in [4.78, 5) is 55.6. The summed E-state index contributed by atoms with van der Waals surface area (Å²) in [6, 6.07) is 6.69. The normalized spacial score (nSPS) is 19.8. The van der Waals surface area contributed by atoms with Crippen LogP contribution in [-0.4, -0.2) is 58.8 Å². The van der Waals surface area contributed by atoms with E-state index >= 15 is 0 Å². The van der Waals surface area contributed by atoms with Gasteiger partial charge in [0.15, 0.2) is 0 Å². The molecule has 0 unspecified atom stereocenters. The first-order valence-electron chi connectivity index (χ1n) is 9.90. The molecule has 1 saturated carbocycles. The number of nitrogens with zero attached hydrogens (tertiary/aromatic N) is 2. The molecule has 0 spiro atoms.